The van der Waals surface area contributed by atoms with E-state index < -0.39 is 0 Å². The number of ether oxygens (including phenoxy) is 1. The Morgan fingerprint density at radius 2 is 0.952 bits per heavy atom. The van der Waals surface area contributed by atoms with Crippen LogP contribution in [0.15, 0.2) is 219 Å². The number of aromatic nitrogens is 2. The van der Waals surface area contributed by atoms with Crippen molar-refractivity contribution in [3.05, 3.63) is 282 Å². The molecule has 0 atom stereocenters. The molecule has 2 aromatic heterocycles. The zero-order chi connectivity index (χ0) is 57.3. The maximum Gasteiger partial charge on any atom is 0.135 e. The molecule has 0 N–H and O–H groups in total. The Balaban J connectivity index is 0.00000721. The normalized spacial score (nSPS) is 13.1. The summed E-state index contributed by atoms with van der Waals surface area (Å²) in [6.07, 6.45) is 1.92. The van der Waals surface area contributed by atoms with Crippen LogP contribution in [0.5, 0.6) is 11.5 Å². The van der Waals surface area contributed by atoms with Crippen LogP contribution in [0.25, 0.3) is 38.8 Å². The smallest absolute Gasteiger partial charge is 0.135 e. The van der Waals surface area contributed by atoms with Gasteiger partial charge in [0.2, 0.25) is 0 Å². The molecule has 0 bridgehead atoms. The van der Waals surface area contributed by atoms with Crippen LogP contribution < -0.4 is 14.5 Å². The van der Waals surface area contributed by atoms with E-state index in [1.165, 1.54) is 50.1 Å². The summed E-state index contributed by atoms with van der Waals surface area (Å²) in [4.78, 5) is 9.71. The maximum atomic E-state index is 6.94. The second-order valence-corrected chi connectivity index (χ2v) is 25.9. The fourth-order valence-corrected chi connectivity index (χ4v) is 12.0. The molecule has 0 unspecified atom stereocenters. The van der Waals surface area contributed by atoms with Gasteiger partial charge in [-0.25, -0.2) is 4.98 Å². The molecule has 9 aromatic carbocycles. The largest absolute Gasteiger partial charge is 0.509 e. The molecule has 5 nitrogen and oxygen atoms in total. The second-order valence-electron chi connectivity index (χ2n) is 25.9. The number of hydrogen-bond donors (Lipinski definition) is 0. The summed E-state index contributed by atoms with van der Waals surface area (Å²) in [5, 5.41) is 2.19. The first-order chi connectivity index (χ1) is 39.2. The molecule has 3 heterocycles. The summed E-state index contributed by atoms with van der Waals surface area (Å²) in [5.74, 6) is 2.00. The van der Waals surface area contributed by atoms with Crippen LogP contribution in [0, 0.1) is 18.8 Å². The van der Waals surface area contributed by atoms with Crippen LogP contribution in [-0.4, -0.2) is 9.55 Å². The molecule has 0 saturated carbocycles. The van der Waals surface area contributed by atoms with E-state index in [1.807, 2.05) is 18.3 Å². The van der Waals surface area contributed by atoms with Crippen LogP contribution in [0.4, 0.5) is 22.7 Å². The molecule has 0 saturated heterocycles. The van der Waals surface area contributed by atoms with Crippen LogP contribution in [0.2, 0.25) is 0 Å². The van der Waals surface area contributed by atoms with Crippen molar-refractivity contribution in [3.63, 3.8) is 0 Å². The van der Waals surface area contributed by atoms with Gasteiger partial charge in [-0.1, -0.05) is 228 Å². The molecule has 1 aliphatic rings. The van der Waals surface area contributed by atoms with E-state index in [9.17, 15) is 0 Å². The predicted molar refractivity (Wildman–Crippen MR) is 343 cm³/mol. The van der Waals surface area contributed by atoms with Crippen molar-refractivity contribution in [2.75, 3.05) is 9.80 Å². The van der Waals surface area contributed by atoms with Gasteiger partial charge < -0.3 is 19.1 Å². The average molecular weight is 1270 g/mol. The van der Waals surface area contributed by atoms with E-state index in [0.29, 0.717) is 11.5 Å². The fourth-order valence-electron chi connectivity index (χ4n) is 12.0. The quantitative estimate of drug-likeness (QED) is 0.114. The van der Waals surface area contributed by atoms with Gasteiger partial charge in [-0.05, 0) is 114 Å². The summed E-state index contributed by atoms with van der Waals surface area (Å²) in [7, 11) is 0. The molecule has 83 heavy (non-hydrogen) atoms. The summed E-state index contributed by atoms with van der Waals surface area (Å²) < 4.78 is 9.17. The zero-order valence-corrected chi connectivity index (χ0v) is 52.1. The number of rotatable bonds is 12. The molecule has 11 aromatic rings. The average Bonchev–Trinajstić information content (AvgIpc) is 2.28. The van der Waals surface area contributed by atoms with Gasteiger partial charge in [0.15, 0.2) is 0 Å². The number of pyridine rings is 1. The van der Waals surface area contributed by atoms with Crippen molar-refractivity contribution >= 4 is 44.6 Å². The summed E-state index contributed by atoms with van der Waals surface area (Å²) >= 11 is 0. The molecule has 420 valence electrons. The Kier molecular flexibility index (Phi) is 14.8. The van der Waals surface area contributed by atoms with Crippen molar-refractivity contribution in [1.82, 2.24) is 9.55 Å². The molecule has 0 spiro atoms. The number of benzene rings is 9. The van der Waals surface area contributed by atoms with Crippen molar-refractivity contribution < 1.29 is 25.8 Å². The molecule has 0 fully saturated rings. The molecule has 6 heteroatoms. The van der Waals surface area contributed by atoms with E-state index in [4.69, 9.17) is 9.72 Å². The third-order valence-corrected chi connectivity index (χ3v) is 17.3. The Labute approximate surface area is 506 Å². The third-order valence-electron chi connectivity index (χ3n) is 17.3. The van der Waals surface area contributed by atoms with Gasteiger partial charge in [-0.15, -0.1) is 48.1 Å². The summed E-state index contributed by atoms with van der Waals surface area (Å²) in [6, 6.07) is 84.5. The SMILES string of the molecule is CC(C)(C)c1cc(N2[CH-]N(c3[c-]c(Oc4[c-]c5c(cc4)c4cc(-c6ccccc6)ccc4n5-c4cc(C(C)(C)C)ccn4)ccc3)c3cc(C(C)(C)c4ccccc4)c(C(C)(C)c4ccccc4)cc32)cc(C(C)(C)c2ccccc2)c1.[Pt]. The van der Waals surface area contributed by atoms with E-state index in [0.717, 1.165) is 55.9 Å². The predicted octanol–water partition coefficient (Wildman–Crippen LogP) is 20.2. The van der Waals surface area contributed by atoms with Crippen LogP contribution in [0.3, 0.4) is 0 Å². The summed E-state index contributed by atoms with van der Waals surface area (Å²) in [5.41, 5.74) is 17.2. The van der Waals surface area contributed by atoms with Crippen LogP contribution in [-0.2, 0) is 48.1 Å². The van der Waals surface area contributed by atoms with Gasteiger partial charge in [0.25, 0.3) is 0 Å². The first-order valence-electron chi connectivity index (χ1n) is 28.8. The number of fused-ring (bicyclic) bond motifs is 4. The van der Waals surface area contributed by atoms with Crippen LogP contribution >= 0.6 is 0 Å². The van der Waals surface area contributed by atoms with Gasteiger partial charge in [-0.3, -0.25) is 0 Å². The van der Waals surface area contributed by atoms with Gasteiger partial charge in [-0.2, -0.15) is 12.1 Å². The molecule has 1 aliphatic heterocycles. The Morgan fingerprint density at radius 1 is 0.410 bits per heavy atom. The standard InChI is InChI=1S/C77H73N4O.Pt/c1-73(2,3)57-40-41-78-72(46-57)81-68-39-36-53(52-26-17-13-18-27-52)42-65(68)64-38-37-63(48-69(64)81)82-62-35-25-34-60(47-62)79-51-80(61-44-58(74(4,5)6)43-59(45-61)75(7,8)54-28-19-14-20-29-54)71-50-67(77(11,12)56-32-23-16-24-33-56)66(49-70(71)79)76(9,10)55-30-21-15-22-31-55;/h13-46,49-51H,1-12H3;/q-3;. The molecule has 12 rings (SSSR count). The Hall–Kier alpha value is -7.98. The Bertz CT molecular complexity index is 4150. The van der Waals surface area contributed by atoms with Crippen molar-refractivity contribution in [2.45, 2.75) is 110 Å². The molecular formula is C77H73N4OPt-3. The topological polar surface area (TPSA) is 33.5 Å². The van der Waals surface area contributed by atoms with Crippen molar-refractivity contribution in [3.8, 4) is 28.4 Å². The van der Waals surface area contributed by atoms with Gasteiger partial charge in [0.05, 0.1) is 0 Å². The monoisotopic (exact) mass is 1260 g/mol. The number of nitrogens with zero attached hydrogens (tertiary/aromatic N) is 4. The van der Waals surface area contributed by atoms with Crippen molar-refractivity contribution in [1.29, 1.82) is 0 Å². The maximum absolute atomic E-state index is 6.94. The second kappa shape index (κ2) is 21.6. The van der Waals surface area contributed by atoms with Crippen LogP contribution in [0.1, 0.15) is 128 Å². The van der Waals surface area contributed by atoms with E-state index in [2.05, 4.69) is 316 Å². The molecular weight excluding hydrogens is 1190 g/mol. The minimum atomic E-state index is -0.381. The first kappa shape index (κ1) is 56.9. The van der Waals surface area contributed by atoms with Crippen molar-refractivity contribution in [2.24, 2.45) is 0 Å². The van der Waals surface area contributed by atoms with Gasteiger partial charge in [0, 0.05) is 77.6 Å². The van der Waals surface area contributed by atoms with Gasteiger partial charge in [0.1, 0.15) is 5.82 Å². The zero-order valence-electron chi connectivity index (χ0n) is 49.9. The van der Waals surface area contributed by atoms with E-state index in [-0.39, 0.29) is 48.1 Å². The summed E-state index contributed by atoms with van der Waals surface area (Å²) in [6.45, 7) is 30.1. The Morgan fingerprint density at radius 3 is 1.54 bits per heavy atom. The minimum absolute atomic E-state index is 0. The number of hydrogen-bond acceptors (Lipinski definition) is 4. The van der Waals surface area contributed by atoms with Gasteiger partial charge >= 0.3 is 0 Å². The number of anilines is 4. The molecule has 0 radical (unpaired) electrons. The van der Waals surface area contributed by atoms with E-state index >= 15 is 0 Å². The first-order valence-corrected chi connectivity index (χ1v) is 28.8. The minimum Gasteiger partial charge on any atom is -0.509 e. The third kappa shape index (κ3) is 10.6. The van der Waals surface area contributed by atoms with E-state index in [1.54, 1.807) is 0 Å². The fraction of sp³-hybridized carbons (Fsp3) is 0.221. The molecule has 0 amide bonds. The molecule has 0 aliphatic carbocycles.